The average Bonchev–Trinajstić information content (AvgIpc) is 2.39. The van der Waals surface area contributed by atoms with E-state index < -0.39 is 0 Å². The molecule has 0 radical (unpaired) electrons. The maximum atomic E-state index is 12.2. The molecule has 4 heteroatoms. The van der Waals surface area contributed by atoms with Crippen molar-refractivity contribution in [1.82, 2.24) is 0 Å². The largest absolute Gasteiger partial charge is 0.371 e. The summed E-state index contributed by atoms with van der Waals surface area (Å²) in [6.07, 6.45) is 2.37. The van der Waals surface area contributed by atoms with Crippen LogP contribution in [0.3, 0.4) is 0 Å². The Balaban J connectivity index is 2.11. The first-order valence-corrected chi connectivity index (χ1v) is 6.94. The lowest BCUT2D eigenvalue weighted by Crippen LogP contribution is -2.42. The van der Waals surface area contributed by atoms with Gasteiger partial charge in [-0.3, -0.25) is 4.79 Å². The third-order valence-electron chi connectivity index (χ3n) is 3.32. The number of unbranched alkanes of at least 4 members (excludes halogenated alkanes) is 1. The maximum absolute atomic E-state index is 12.2. The van der Waals surface area contributed by atoms with Crippen LogP contribution >= 0.6 is 11.6 Å². The Labute approximate surface area is 113 Å². The van der Waals surface area contributed by atoms with Crippen LogP contribution in [-0.2, 0) is 4.79 Å². The molecule has 1 heterocycles. The minimum Gasteiger partial charge on any atom is -0.371 e. The quantitative estimate of drug-likeness (QED) is 0.618. The molecule has 1 aliphatic rings. The minimum atomic E-state index is 0.209. The molecule has 0 aromatic heterocycles. The SMILES string of the molecule is CN1CCN(C(=O)CCCCCl)c2ccccc21. The normalized spacial score (nSPS) is 14.6. The number of rotatable bonds is 4. The standard InChI is InChI=1S/C14H19ClN2O/c1-16-10-11-17(14(18)8-4-5-9-15)13-7-3-2-6-12(13)16/h2-3,6-7H,4-5,8-11H2,1H3. The van der Waals surface area contributed by atoms with E-state index in [0.717, 1.165) is 37.3 Å². The second-order valence-corrected chi connectivity index (χ2v) is 4.98. The van der Waals surface area contributed by atoms with E-state index in [-0.39, 0.29) is 5.91 Å². The number of anilines is 2. The van der Waals surface area contributed by atoms with Gasteiger partial charge in [-0.2, -0.15) is 0 Å². The van der Waals surface area contributed by atoms with Gasteiger partial charge in [-0.1, -0.05) is 12.1 Å². The van der Waals surface area contributed by atoms with Crippen LogP contribution in [0.25, 0.3) is 0 Å². The first-order valence-electron chi connectivity index (χ1n) is 6.40. The Kier molecular flexibility index (Phi) is 4.48. The second kappa shape index (κ2) is 6.10. The molecule has 3 nitrogen and oxygen atoms in total. The Morgan fingerprint density at radius 1 is 1.22 bits per heavy atom. The highest BCUT2D eigenvalue weighted by Crippen LogP contribution is 2.32. The molecule has 0 N–H and O–H groups in total. The van der Waals surface area contributed by atoms with E-state index in [1.54, 1.807) is 0 Å². The molecule has 1 aliphatic heterocycles. The summed E-state index contributed by atoms with van der Waals surface area (Å²) in [4.78, 5) is 16.3. The minimum absolute atomic E-state index is 0.209. The highest BCUT2D eigenvalue weighted by molar-refractivity contribution is 6.17. The van der Waals surface area contributed by atoms with E-state index in [2.05, 4.69) is 18.0 Å². The summed E-state index contributed by atoms with van der Waals surface area (Å²) in [6.45, 7) is 1.66. The monoisotopic (exact) mass is 266 g/mol. The fourth-order valence-electron chi connectivity index (χ4n) is 2.27. The molecule has 0 aliphatic carbocycles. The first-order chi connectivity index (χ1) is 8.74. The van der Waals surface area contributed by atoms with Crippen molar-refractivity contribution >= 4 is 28.9 Å². The summed E-state index contributed by atoms with van der Waals surface area (Å²) in [7, 11) is 2.06. The lowest BCUT2D eigenvalue weighted by Gasteiger charge is -2.35. The van der Waals surface area contributed by atoms with Gasteiger partial charge in [-0.05, 0) is 25.0 Å². The Bertz CT molecular complexity index is 422. The van der Waals surface area contributed by atoms with Gasteiger partial charge in [0.1, 0.15) is 0 Å². The third kappa shape index (κ3) is 2.78. The van der Waals surface area contributed by atoms with Crippen LogP contribution in [0.2, 0.25) is 0 Å². The molecular weight excluding hydrogens is 248 g/mol. The number of hydrogen-bond donors (Lipinski definition) is 0. The predicted octanol–water partition coefficient (Wildman–Crippen LogP) is 2.88. The number of fused-ring (bicyclic) bond motifs is 1. The molecule has 1 amide bonds. The Morgan fingerprint density at radius 2 is 1.94 bits per heavy atom. The number of carbonyl (C=O) groups excluding carboxylic acids is 1. The van der Waals surface area contributed by atoms with Crippen LogP contribution in [0.4, 0.5) is 11.4 Å². The van der Waals surface area contributed by atoms with Crippen molar-refractivity contribution < 1.29 is 4.79 Å². The van der Waals surface area contributed by atoms with E-state index in [1.165, 1.54) is 0 Å². The van der Waals surface area contributed by atoms with Gasteiger partial charge in [-0.15, -0.1) is 11.6 Å². The number of benzene rings is 1. The van der Waals surface area contributed by atoms with Gasteiger partial charge in [0, 0.05) is 32.4 Å². The van der Waals surface area contributed by atoms with Gasteiger partial charge < -0.3 is 9.80 Å². The molecule has 2 rings (SSSR count). The summed E-state index contributed by atoms with van der Waals surface area (Å²) in [5.74, 6) is 0.841. The van der Waals surface area contributed by atoms with Crippen molar-refractivity contribution in [1.29, 1.82) is 0 Å². The summed E-state index contributed by atoms with van der Waals surface area (Å²) < 4.78 is 0. The number of nitrogens with zero attached hydrogens (tertiary/aromatic N) is 2. The first kappa shape index (κ1) is 13.2. The topological polar surface area (TPSA) is 23.6 Å². The number of alkyl halides is 1. The van der Waals surface area contributed by atoms with Crippen molar-refractivity contribution in [2.75, 3.05) is 35.8 Å². The molecule has 18 heavy (non-hydrogen) atoms. The summed E-state index contributed by atoms with van der Waals surface area (Å²) in [5.41, 5.74) is 2.16. The zero-order valence-electron chi connectivity index (χ0n) is 10.7. The van der Waals surface area contributed by atoms with Crippen molar-refractivity contribution in [2.24, 2.45) is 0 Å². The number of amides is 1. The molecule has 98 valence electrons. The highest BCUT2D eigenvalue weighted by atomic mass is 35.5. The number of hydrogen-bond acceptors (Lipinski definition) is 2. The smallest absolute Gasteiger partial charge is 0.227 e. The summed E-state index contributed by atoms with van der Waals surface area (Å²) >= 11 is 5.64. The fraction of sp³-hybridized carbons (Fsp3) is 0.500. The number of para-hydroxylation sites is 2. The number of carbonyl (C=O) groups is 1. The van der Waals surface area contributed by atoms with E-state index in [4.69, 9.17) is 11.6 Å². The number of likely N-dealkylation sites (N-methyl/N-ethyl adjacent to an activating group) is 1. The van der Waals surface area contributed by atoms with E-state index in [0.29, 0.717) is 12.3 Å². The molecule has 1 aromatic rings. The predicted molar refractivity (Wildman–Crippen MR) is 76.6 cm³/mol. The molecule has 0 unspecified atom stereocenters. The van der Waals surface area contributed by atoms with Gasteiger partial charge >= 0.3 is 0 Å². The molecule has 0 saturated heterocycles. The second-order valence-electron chi connectivity index (χ2n) is 4.60. The Hall–Kier alpha value is -1.22. The third-order valence-corrected chi connectivity index (χ3v) is 3.59. The van der Waals surface area contributed by atoms with Crippen LogP contribution in [0.15, 0.2) is 24.3 Å². The lowest BCUT2D eigenvalue weighted by molar-refractivity contribution is -0.118. The Morgan fingerprint density at radius 3 is 2.67 bits per heavy atom. The lowest BCUT2D eigenvalue weighted by atomic mass is 10.1. The van der Waals surface area contributed by atoms with Crippen LogP contribution in [0.5, 0.6) is 0 Å². The van der Waals surface area contributed by atoms with Gasteiger partial charge in [0.2, 0.25) is 5.91 Å². The zero-order chi connectivity index (χ0) is 13.0. The fourth-order valence-corrected chi connectivity index (χ4v) is 2.46. The van der Waals surface area contributed by atoms with Gasteiger partial charge in [0.15, 0.2) is 0 Å². The van der Waals surface area contributed by atoms with Gasteiger partial charge in [0.25, 0.3) is 0 Å². The molecule has 0 atom stereocenters. The van der Waals surface area contributed by atoms with Crippen molar-refractivity contribution in [3.63, 3.8) is 0 Å². The number of halogens is 1. The van der Waals surface area contributed by atoms with E-state index in [9.17, 15) is 4.79 Å². The van der Waals surface area contributed by atoms with E-state index >= 15 is 0 Å². The average molecular weight is 267 g/mol. The van der Waals surface area contributed by atoms with Crippen LogP contribution in [0, 0.1) is 0 Å². The molecule has 0 fully saturated rings. The van der Waals surface area contributed by atoms with Gasteiger partial charge in [0.05, 0.1) is 11.4 Å². The van der Waals surface area contributed by atoms with E-state index in [1.807, 2.05) is 23.1 Å². The van der Waals surface area contributed by atoms with Crippen molar-refractivity contribution in [3.8, 4) is 0 Å². The molecule has 0 bridgehead atoms. The van der Waals surface area contributed by atoms with Gasteiger partial charge in [-0.25, -0.2) is 0 Å². The van der Waals surface area contributed by atoms with Crippen molar-refractivity contribution in [3.05, 3.63) is 24.3 Å². The summed E-state index contributed by atoms with van der Waals surface area (Å²) in [6, 6.07) is 8.08. The highest BCUT2D eigenvalue weighted by Gasteiger charge is 2.23. The molecule has 1 aromatic carbocycles. The summed E-state index contributed by atoms with van der Waals surface area (Å²) in [5, 5.41) is 0. The van der Waals surface area contributed by atoms with Crippen LogP contribution < -0.4 is 9.80 Å². The van der Waals surface area contributed by atoms with Crippen LogP contribution in [-0.4, -0.2) is 31.9 Å². The zero-order valence-corrected chi connectivity index (χ0v) is 11.5. The van der Waals surface area contributed by atoms with Crippen LogP contribution in [0.1, 0.15) is 19.3 Å². The molecule has 0 spiro atoms. The molecule has 0 saturated carbocycles. The van der Waals surface area contributed by atoms with Crippen molar-refractivity contribution in [2.45, 2.75) is 19.3 Å². The molecular formula is C14H19ClN2O. The maximum Gasteiger partial charge on any atom is 0.227 e.